The van der Waals surface area contributed by atoms with Crippen LogP contribution < -0.4 is 5.32 Å². The summed E-state index contributed by atoms with van der Waals surface area (Å²) in [5.74, 6) is -0.973. The van der Waals surface area contributed by atoms with E-state index in [1.54, 1.807) is 6.92 Å². The van der Waals surface area contributed by atoms with Gasteiger partial charge in [-0.05, 0) is 30.9 Å². The third kappa shape index (κ3) is 4.39. The van der Waals surface area contributed by atoms with Crippen LogP contribution in [0.5, 0.6) is 0 Å². The van der Waals surface area contributed by atoms with E-state index in [1.807, 2.05) is 38.1 Å². The van der Waals surface area contributed by atoms with Crippen molar-refractivity contribution in [1.82, 2.24) is 10.3 Å². The molecule has 0 aliphatic heterocycles. The molecule has 0 bridgehead atoms. The minimum Gasteiger partial charge on any atom is -0.476 e. The minimum absolute atomic E-state index is 0.0625. The summed E-state index contributed by atoms with van der Waals surface area (Å²) in [4.78, 5) is 27.7. The van der Waals surface area contributed by atoms with E-state index in [0.29, 0.717) is 16.3 Å². The molecule has 122 valence electrons. The molecule has 0 aliphatic carbocycles. The fraction of sp³-hybridized carbons (Fsp3) is 0.353. The summed E-state index contributed by atoms with van der Waals surface area (Å²) in [6.45, 7) is 6.04. The molecule has 0 aliphatic rings. The first-order valence-electron chi connectivity index (χ1n) is 7.40. The number of nitrogens with zero attached hydrogens (tertiary/aromatic N) is 1. The van der Waals surface area contributed by atoms with Gasteiger partial charge >= 0.3 is 5.97 Å². The van der Waals surface area contributed by atoms with Gasteiger partial charge in [0, 0.05) is 11.3 Å². The highest BCUT2D eigenvalue weighted by molar-refractivity contribution is 7.11. The van der Waals surface area contributed by atoms with Crippen molar-refractivity contribution < 1.29 is 14.7 Å². The molecular weight excluding hydrogens is 312 g/mol. The van der Waals surface area contributed by atoms with Gasteiger partial charge in [-0.3, -0.25) is 4.79 Å². The molecule has 2 rings (SSSR count). The van der Waals surface area contributed by atoms with Crippen LogP contribution in [0.25, 0.3) is 0 Å². The van der Waals surface area contributed by atoms with E-state index in [-0.39, 0.29) is 24.1 Å². The number of carboxylic acids is 1. The highest BCUT2D eigenvalue weighted by Crippen LogP contribution is 2.22. The molecule has 0 fully saturated rings. The monoisotopic (exact) mass is 332 g/mol. The zero-order chi connectivity index (χ0) is 17.0. The molecular formula is C17H20N2O3S. The van der Waals surface area contributed by atoms with E-state index in [2.05, 4.69) is 10.3 Å². The summed E-state index contributed by atoms with van der Waals surface area (Å²) in [6, 6.07) is 8.03. The number of nitrogens with one attached hydrogen (secondary N) is 1. The summed E-state index contributed by atoms with van der Waals surface area (Å²) in [6.07, 6.45) is 0.390. The molecule has 1 atom stereocenters. The van der Waals surface area contributed by atoms with Gasteiger partial charge in [-0.1, -0.05) is 31.2 Å². The van der Waals surface area contributed by atoms with Gasteiger partial charge in [0.2, 0.25) is 5.91 Å². The lowest BCUT2D eigenvalue weighted by Crippen LogP contribution is -2.24. The summed E-state index contributed by atoms with van der Waals surface area (Å²) < 4.78 is 0. The highest BCUT2D eigenvalue weighted by Gasteiger charge is 2.16. The van der Waals surface area contributed by atoms with Crippen LogP contribution in [0, 0.1) is 13.8 Å². The van der Waals surface area contributed by atoms with Gasteiger partial charge in [0.1, 0.15) is 5.01 Å². The Labute approximate surface area is 139 Å². The molecule has 1 amide bonds. The van der Waals surface area contributed by atoms with Gasteiger partial charge in [-0.15, -0.1) is 11.3 Å². The average molecular weight is 332 g/mol. The lowest BCUT2D eigenvalue weighted by Gasteiger charge is -2.14. The number of thiazole rings is 1. The highest BCUT2D eigenvalue weighted by atomic mass is 32.1. The van der Waals surface area contributed by atoms with E-state index >= 15 is 0 Å². The molecule has 2 N–H and O–H groups in total. The molecule has 1 aromatic heterocycles. The van der Waals surface area contributed by atoms with Crippen molar-refractivity contribution in [2.45, 2.75) is 39.7 Å². The number of hydrogen-bond donors (Lipinski definition) is 2. The molecule has 5 nitrogen and oxygen atoms in total. The lowest BCUT2D eigenvalue weighted by molar-refractivity contribution is -0.121. The Hall–Kier alpha value is -2.21. The molecule has 1 aromatic carbocycles. The van der Waals surface area contributed by atoms with Crippen LogP contribution in [-0.4, -0.2) is 22.0 Å². The fourth-order valence-electron chi connectivity index (χ4n) is 2.50. The summed E-state index contributed by atoms with van der Waals surface area (Å²) >= 11 is 1.30. The quantitative estimate of drug-likeness (QED) is 0.851. The first-order chi connectivity index (χ1) is 10.9. The smallest absolute Gasteiger partial charge is 0.355 e. The zero-order valence-corrected chi connectivity index (χ0v) is 14.2. The molecule has 0 radical (unpaired) electrons. The number of aryl methyl sites for hydroxylation is 2. The van der Waals surface area contributed by atoms with Crippen LogP contribution in [0.4, 0.5) is 0 Å². The standard InChI is InChI=1S/C17H20N2O3S/c1-10-6-4-5-7-13(10)11(2)8-14(20)18-9-15-19-16(17(21)22)12(3)23-15/h4-7,11H,8-9H2,1-3H3,(H,18,20)(H,21,22). The van der Waals surface area contributed by atoms with E-state index in [0.717, 1.165) is 0 Å². The van der Waals surface area contributed by atoms with E-state index in [9.17, 15) is 9.59 Å². The van der Waals surface area contributed by atoms with E-state index in [1.165, 1.54) is 22.5 Å². The fourth-order valence-corrected chi connectivity index (χ4v) is 3.36. The van der Waals surface area contributed by atoms with Crippen LogP contribution in [0.3, 0.4) is 0 Å². The van der Waals surface area contributed by atoms with Gasteiger partial charge in [-0.2, -0.15) is 0 Å². The number of amides is 1. The number of carbonyl (C=O) groups is 2. The van der Waals surface area contributed by atoms with Crippen LogP contribution in [0.15, 0.2) is 24.3 Å². The number of carboxylic acid groups (broad SMARTS) is 1. The Bertz CT molecular complexity index is 724. The number of carbonyl (C=O) groups excluding carboxylic acids is 1. The number of benzene rings is 1. The van der Waals surface area contributed by atoms with Crippen molar-refractivity contribution in [2.24, 2.45) is 0 Å². The molecule has 0 saturated heterocycles. The van der Waals surface area contributed by atoms with E-state index in [4.69, 9.17) is 5.11 Å². The van der Waals surface area contributed by atoms with Crippen LogP contribution in [0.1, 0.15) is 50.8 Å². The Morgan fingerprint density at radius 1 is 1.30 bits per heavy atom. The summed E-state index contributed by atoms with van der Waals surface area (Å²) in [5, 5.41) is 12.4. The Kier molecular flexibility index (Phi) is 5.50. The normalized spacial score (nSPS) is 12.0. The predicted molar refractivity (Wildman–Crippen MR) is 89.9 cm³/mol. The van der Waals surface area contributed by atoms with Gasteiger partial charge in [-0.25, -0.2) is 9.78 Å². The first-order valence-corrected chi connectivity index (χ1v) is 8.22. The third-order valence-electron chi connectivity index (χ3n) is 3.69. The molecule has 0 spiro atoms. The largest absolute Gasteiger partial charge is 0.476 e. The van der Waals surface area contributed by atoms with Crippen molar-refractivity contribution in [3.63, 3.8) is 0 Å². The number of aromatic carboxylic acids is 1. The Morgan fingerprint density at radius 2 is 2.00 bits per heavy atom. The van der Waals surface area contributed by atoms with E-state index < -0.39 is 5.97 Å². The predicted octanol–water partition coefficient (Wildman–Crippen LogP) is 3.27. The maximum Gasteiger partial charge on any atom is 0.355 e. The number of hydrogen-bond acceptors (Lipinski definition) is 4. The summed E-state index contributed by atoms with van der Waals surface area (Å²) in [7, 11) is 0. The molecule has 1 heterocycles. The van der Waals surface area contributed by atoms with Gasteiger partial charge in [0.15, 0.2) is 5.69 Å². The first kappa shape index (κ1) is 17.1. The zero-order valence-electron chi connectivity index (χ0n) is 13.4. The third-order valence-corrected chi connectivity index (χ3v) is 4.66. The van der Waals surface area contributed by atoms with Crippen LogP contribution in [-0.2, 0) is 11.3 Å². The van der Waals surface area contributed by atoms with Crippen molar-refractivity contribution in [3.8, 4) is 0 Å². The Morgan fingerprint density at radius 3 is 2.61 bits per heavy atom. The maximum absolute atomic E-state index is 12.1. The topological polar surface area (TPSA) is 79.3 Å². The average Bonchev–Trinajstić information content (AvgIpc) is 2.87. The van der Waals surface area contributed by atoms with Crippen molar-refractivity contribution in [3.05, 3.63) is 51.0 Å². The lowest BCUT2D eigenvalue weighted by atomic mass is 9.93. The van der Waals surface area contributed by atoms with Crippen molar-refractivity contribution in [2.75, 3.05) is 0 Å². The SMILES string of the molecule is Cc1ccccc1C(C)CC(=O)NCc1nc(C(=O)O)c(C)s1. The van der Waals surface area contributed by atoms with Crippen molar-refractivity contribution in [1.29, 1.82) is 0 Å². The second-order valence-corrected chi connectivity index (χ2v) is 6.84. The second-order valence-electron chi connectivity index (χ2n) is 5.56. The Balaban J connectivity index is 1.91. The van der Waals surface area contributed by atoms with Crippen LogP contribution in [0.2, 0.25) is 0 Å². The maximum atomic E-state index is 12.1. The second kappa shape index (κ2) is 7.37. The molecule has 0 saturated carbocycles. The summed E-state index contributed by atoms with van der Waals surface area (Å²) in [5.41, 5.74) is 2.41. The molecule has 1 unspecified atom stereocenters. The number of rotatable bonds is 6. The number of aromatic nitrogens is 1. The molecule has 2 aromatic rings. The van der Waals surface area contributed by atoms with Gasteiger partial charge in [0.05, 0.1) is 6.54 Å². The molecule has 6 heteroatoms. The van der Waals surface area contributed by atoms with Gasteiger partial charge in [0.25, 0.3) is 0 Å². The minimum atomic E-state index is -1.04. The van der Waals surface area contributed by atoms with Crippen LogP contribution >= 0.6 is 11.3 Å². The van der Waals surface area contributed by atoms with Crippen molar-refractivity contribution >= 4 is 23.2 Å². The molecule has 23 heavy (non-hydrogen) atoms. The van der Waals surface area contributed by atoms with Gasteiger partial charge < -0.3 is 10.4 Å².